The van der Waals surface area contributed by atoms with Crippen molar-refractivity contribution in [3.8, 4) is 0 Å². The predicted molar refractivity (Wildman–Crippen MR) is 114 cm³/mol. The summed E-state index contributed by atoms with van der Waals surface area (Å²) in [6, 6.07) is 11.8. The number of nitrogens with zero attached hydrogens (tertiary/aromatic N) is 3. The van der Waals surface area contributed by atoms with Gasteiger partial charge in [-0.2, -0.15) is 0 Å². The van der Waals surface area contributed by atoms with Crippen molar-refractivity contribution in [3.63, 3.8) is 0 Å². The van der Waals surface area contributed by atoms with Crippen LogP contribution in [0.5, 0.6) is 0 Å². The highest BCUT2D eigenvalue weighted by Crippen LogP contribution is 2.30. The van der Waals surface area contributed by atoms with Gasteiger partial charge in [-0.15, -0.1) is 0 Å². The van der Waals surface area contributed by atoms with Crippen LogP contribution < -0.4 is 5.56 Å². The van der Waals surface area contributed by atoms with E-state index in [2.05, 4.69) is 16.0 Å². The van der Waals surface area contributed by atoms with Gasteiger partial charge in [-0.1, -0.05) is 25.0 Å². The second-order valence-corrected chi connectivity index (χ2v) is 7.88. The highest BCUT2D eigenvalue weighted by atomic mass is 16.3. The van der Waals surface area contributed by atoms with Crippen molar-refractivity contribution in [1.82, 2.24) is 14.5 Å². The number of hydrogen-bond donors (Lipinski definition) is 1. The van der Waals surface area contributed by atoms with Gasteiger partial charge in [-0.3, -0.25) is 14.8 Å². The van der Waals surface area contributed by atoms with E-state index in [-0.39, 0.29) is 11.6 Å². The largest absolute Gasteiger partial charge is 0.391 e. The Balaban J connectivity index is 1.72. The molecule has 0 radical (unpaired) electrons. The summed E-state index contributed by atoms with van der Waals surface area (Å²) in [6.07, 6.45) is 11.1. The van der Waals surface area contributed by atoms with Crippen molar-refractivity contribution in [2.24, 2.45) is 0 Å². The Kier molecular flexibility index (Phi) is 4.60. The van der Waals surface area contributed by atoms with Gasteiger partial charge in [0.15, 0.2) is 0 Å². The molecule has 3 aromatic heterocycles. The first-order valence-corrected chi connectivity index (χ1v) is 10.2. The van der Waals surface area contributed by atoms with Crippen LogP contribution in [0, 0.1) is 0 Å². The highest BCUT2D eigenvalue weighted by molar-refractivity contribution is 6.06. The van der Waals surface area contributed by atoms with Crippen LogP contribution in [0.25, 0.3) is 21.7 Å². The van der Waals surface area contributed by atoms with Crippen LogP contribution in [0.4, 0.5) is 0 Å². The van der Waals surface area contributed by atoms with Crippen LogP contribution in [0.1, 0.15) is 42.9 Å². The Morgan fingerprint density at radius 1 is 1.03 bits per heavy atom. The number of aromatic nitrogens is 3. The van der Waals surface area contributed by atoms with Crippen molar-refractivity contribution in [3.05, 3.63) is 82.7 Å². The summed E-state index contributed by atoms with van der Waals surface area (Å²) in [7, 11) is 0. The molecular weight excluding hydrogens is 362 g/mol. The third-order valence-corrected chi connectivity index (χ3v) is 6.05. The molecule has 5 rings (SSSR count). The Morgan fingerprint density at radius 3 is 2.72 bits per heavy atom. The summed E-state index contributed by atoms with van der Waals surface area (Å²) in [5, 5.41) is 13.0. The lowest BCUT2D eigenvalue weighted by atomic mass is 9.92. The first kappa shape index (κ1) is 18.0. The van der Waals surface area contributed by atoms with E-state index in [4.69, 9.17) is 0 Å². The zero-order valence-electron chi connectivity index (χ0n) is 16.2. The Morgan fingerprint density at radius 2 is 1.90 bits per heavy atom. The summed E-state index contributed by atoms with van der Waals surface area (Å²) in [6.45, 7) is 0. The zero-order valence-corrected chi connectivity index (χ0v) is 16.2. The molecule has 1 saturated carbocycles. The van der Waals surface area contributed by atoms with Gasteiger partial charge in [0.1, 0.15) is 0 Å². The molecule has 1 fully saturated rings. The number of aliphatic hydroxyl groups is 1. The number of hydrogen-bond acceptors (Lipinski definition) is 4. The Bertz CT molecular complexity index is 1230. The molecule has 0 saturated heterocycles. The minimum atomic E-state index is -0.465. The van der Waals surface area contributed by atoms with E-state index in [1.54, 1.807) is 17.0 Å². The molecule has 0 aliphatic heterocycles. The van der Waals surface area contributed by atoms with Crippen molar-refractivity contribution in [2.75, 3.05) is 0 Å². The molecule has 146 valence electrons. The molecule has 1 N–H and O–H groups in total. The summed E-state index contributed by atoms with van der Waals surface area (Å²) in [5.41, 5.74) is 2.95. The van der Waals surface area contributed by atoms with E-state index in [0.717, 1.165) is 53.1 Å². The molecule has 5 heteroatoms. The van der Waals surface area contributed by atoms with Gasteiger partial charge in [-0.25, -0.2) is 0 Å². The predicted octanol–water partition coefficient (Wildman–Crippen LogP) is 4.01. The van der Waals surface area contributed by atoms with Gasteiger partial charge in [0.2, 0.25) is 0 Å². The highest BCUT2D eigenvalue weighted by Gasteiger charge is 2.26. The molecular formula is C24H23N3O2. The van der Waals surface area contributed by atoms with Crippen LogP contribution in [-0.2, 0) is 6.42 Å². The minimum Gasteiger partial charge on any atom is -0.391 e. The topological polar surface area (TPSA) is 68.0 Å². The molecule has 1 aliphatic rings. The number of aliphatic hydroxyl groups excluding tert-OH is 1. The van der Waals surface area contributed by atoms with Crippen LogP contribution >= 0.6 is 0 Å². The molecule has 3 heterocycles. The molecule has 2 unspecified atom stereocenters. The van der Waals surface area contributed by atoms with Crippen molar-refractivity contribution in [1.29, 1.82) is 0 Å². The Hall–Kier alpha value is -3.05. The third-order valence-electron chi connectivity index (χ3n) is 6.05. The van der Waals surface area contributed by atoms with E-state index in [1.165, 1.54) is 0 Å². The van der Waals surface area contributed by atoms with Gasteiger partial charge in [-0.05, 0) is 54.7 Å². The lowest BCUT2D eigenvalue weighted by Gasteiger charge is -2.29. The second-order valence-electron chi connectivity index (χ2n) is 7.88. The SMILES string of the molecule is O=c1c2cc(Cc3cccnc3)c3cccnc3c2ccn1C1CCCCC1O. The van der Waals surface area contributed by atoms with E-state index >= 15 is 0 Å². The number of benzene rings is 1. The third kappa shape index (κ3) is 3.21. The lowest BCUT2D eigenvalue weighted by molar-refractivity contribution is 0.0740. The van der Waals surface area contributed by atoms with Gasteiger partial charge in [0, 0.05) is 40.9 Å². The summed E-state index contributed by atoms with van der Waals surface area (Å²) in [5.74, 6) is 0. The van der Waals surface area contributed by atoms with Crippen LogP contribution in [-0.4, -0.2) is 25.7 Å². The maximum absolute atomic E-state index is 13.4. The molecule has 1 aromatic carbocycles. The average Bonchev–Trinajstić information content (AvgIpc) is 2.76. The van der Waals surface area contributed by atoms with Crippen LogP contribution in [0.3, 0.4) is 0 Å². The first-order valence-electron chi connectivity index (χ1n) is 10.2. The Labute approximate surface area is 168 Å². The standard InChI is InChI=1S/C24H23N3O2/c28-22-8-2-1-7-21(22)27-12-9-19-20(24(27)29)14-17(13-16-5-3-10-25-15-16)18-6-4-11-26-23(18)19/h3-6,9-12,14-15,21-22,28H,1-2,7-8,13H2. The molecule has 0 amide bonds. The second kappa shape index (κ2) is 7.41. The number of pyridine rings is 3. The lowest BCUT2D eigenvalue weighted by Crippen LogP contribution is -2.34. The normalized spacial score (nSPS) is 19.6. The van der Waals surface area contributed by atoms with E-state index in [9.17, 15) is 9.90 Å². The molecule has 0 bridgehead atoms. The molecule has 0 spiro atoms. The first-order chi connectivity index (χ1) is 14.2. The molecule has 2 atom stereocenters. The average molecular weight is 385 g/mol. The zero-order chi connectivity index (χ0) is 19.8. The van der Waals surface area contributed by atoms with Crippen molar-refractivity contribution < 1.29 is 5.11 Å². The summed E-state index contributed by atoms with van der Waals surface area (Å²) in [4.78, 5) is 22.2. The molecule has 4 aromatic rings. The van der Waals surface area contributed by atoms with Gasteiger partial charge >= 0.3 is 0 Å². The quantitative estimate of drug-likeness (QED) is 0.541. The molecule has 5 nitrogen and oxygen atoms in total. The fraction of sp³-hybridized carbons (Fsp3) is 0.292. The number of fused-ring (bicyclic) bond motifs is 3. The maximum atomic E-state index is 13.4. The smallest absolute Gasteiger partial charge is 0.258 e. The fourth-order valence-electron chi connectivity index (χ4n) is 4.59. The minimum absolute atomic E-state index is 0.0477. The number of rotatable bonds is 3. The molecule has 29 heavy (non-hydrogen) atoms. The fourth-order valence-corrected chi connectivity index (χ4v) is 4.59. The summed E-state index contributed by atoms with van der Waals surface area (Å²) >= 11 is 0. The van der Waals surface area contributed by atoms with Crippen LogP contribution in [0.2, 0.25) is 0 Å². The van der Waals surface area contributed by atoms with E-state index < -0.39 is 6.10 Å². The summed E-state index contributed by atoms with van der Waals surface area (Å²) < 4.78 is 1.73. The molecule has 1 aliphatic carbocycles. The van der Waals surface area contributed by atoms with Crippen LogP contribution in [0.15, 0.2) is 66.0 Å². The van der Waals surface area contributed by atoms with Gasteiger partial charge in [0.05, 0.1) is 17.7 Å². The van der Waals surface area contributed by atoms with E-state index in [0.29, 0.717) is 11.8 Å². The van der Waals surface area contributed by atoms with Crippen molar-refractivity contribution >= 4 is 21.7 Å². The van der Waals surface area contributed by atoms with E-state index in [1.807, 2.05) is 42.7 Å². The van der Waals surface area contributed by atoms with Gasteiger partial charge in [0.25, 0.3) is 5.56 Å². The van der Waals surface area contributed by atoms with Crippen molar-refractivity contribution in [2.45, 2.75) is 44.2 Å². The monoisotopic (exact) mass is 385 g/mol. The maximum Gasteiger partial charge on any atom is 0.258 e. The van der Waals surface area contributed by atoms with Gasteiger partial charge < -0.3 is 9.67 Å².